The van der Waals surface area contributed by atoms with Gasteiger partial charge >= 0.3 is 0 Å². The molecule has 0 saturated carbocycles. The average Bonchev–Trinajstić information content (AvgIpc) is 2.36. The lowest BCUT2D eigenvalue weighted by Gasteiger charge is -2.10. The molecule has 3 nitrogen and oxygen atoms in total. The van der Waals surface area contributed by atoms with Gasteiger partial charge in [-0.15, -0.1) is 0 Å². The van der Waals surface area contributed by atoms with E-state index in [2.05, 4.69) is 10.6 Å². The molecule has 0 saturated heterocycles. The van der Waals surface area contributed by atoms with E-state index in [1.807, 2.05) is 26.1 Å². The highest BCUT2D eigenvalue weighted by molar-refractivity contribution is 6.05. The van der Waals surface area contributed by atoms with Gasteiger partial charge in [-0.05, 0) is 61.4 Å². The van der Waals surface area contributed by atoms with Crippen LogP contribution in [0.15, 0.2) is 36.4 Å². The molecule has 1 amide bonds. The van der Waals surface area contributed by atoms with E-state index in [1.165, 1.54) is 12.1 Å². The van der Waals surface area contributed by atoms with Crippen LogP contribution in [0.1, 0.15) is 21.5 Å². The largest absolute Gasteiger partial charge is 0.388 e. The summed E-state index contributed by atoms with van der Waals surface area (Å²) in [4.78, 5) is 12.2. The van der Waals surface area contributed by atoms with Crippen LogP contribution in [-0.4, -0.2) is 13.0 Å². The average molecular weight is 272 g/mol. The van der Waals surface area contributed by atoms with E-state index in [4.69, 9.17) is 0 Å². The lowest BCUT2D eigenvalue weighted by molar-refractivity contribution is 0.102. The van der Waals surface area contributed by atoms with Crippen LogP contribution in [0.25, 0.3) is 0 Å². The third-order valence-electron chi connectivity index (χ3n) is 3.06. The van der Waals surface area contributed by atoms with Crippen LogP contribution in [0, 0.1) is 19.7 Å². The zero-order valence-electron chi connectivity index (χ0n) is 11.8. The zero-order chi connectivity index (χ0) is 14.7. The van der Waals surface area contributed by atoms with Crippen molar-refractivity contribution in [2.75, 3.05) is 17.7 Å². The number of nitrogens with one attached hydrogen (secondary N) is 2. The van der Waals surface area contributed by atoms with E-state index in [-0.39, 0.29) is 11.7 Å². The number of rotatable bonds is 3. The topological polar surface area (TPSA) is 41.1 Å². The molecule has 0 aliphatic rings. The molecular weight excluding hydrogens is 255 g/mol. The molecule has 0 spiro atoms. The SMILES string of the molecule is CNc1ccc(C(=O)Nc2cc(C)cc(F)c2)c(C)c1. The molecule has 104 valence electrons. The summed E-state index contributed by atoms with van der Waals surface area (Å²) in [6.07, 6.45) is 0. The summed E-state index contributed by atoms with van der Waals surface area (Å²) in [6, 6.07) is 9.94. The molecule has 4 heteroatoms. The standard InChI is InChI=1S/C16H17FN2O/c1-10-6-12(17)9-14(7-10)19-16(20)15-5-4-13(18-3)8-11(15)2/h4-9,18H,1-3H3,(H,19,20). The first-order valence-corrected chi connectivity index (χ1v) is 6.36. The summed E-state index contributed by atoms with van der Waals surface area (Å²) in [5.74, 6) is -0.599. The summed E-state index contributed by atoms with van der Waals surface area (Å²) in [7, 11) is 1.82. The minimum absolute atomic E-state index is 0.241. The van der Waals surface area contributed by atoms with Gasteiger partial charge in [-0.25, -0.2) is 4.39 Å². The number of carbonyl (C=O) groups is 1. The number of amides is 1. The van der Waals surface area contributed by atoms with Gasteiger partial charge in [0.2, 0.25) is 0 Å². The van der Waals surface area contributed by atoms with Crippen LogP contribution in [0.2, 0.25) is 0 Å². The van der Waals surface area contributed by atoms with Crippen molar-refractivity contribution >= 4 is 17.3 Å². The third kappa shape index (κ3) is 3.15. The van der Waals surface area contributed by atoms with Gasteiger partial charge in [0.1, 0.15) is 5.82 Å². The second-order valence-electron chi connectivity index (χ2n) is 4.75. The van der Waals surface area contributed by atoms with Crippen LogP contribution in [-0.2, 0) is 0 Å². The molecule has 0 unspecified atom stereocenters. The van der Waals surface area contributed by atoms with Crippen molar-refractivity contribution < 1.29 is 9.18 Å². The number of hydrogen-bond donors (Lipinski definition) is 2. The van der Waals surface area contributed by atoms with Crippen LogP contribution >= 0.6 is 0 Å². The smallest absolute Gasteiger partial charge is 0.255 e. The van der Waals surface area contributed by atoms with Crippen molar-refractivity contribution in [3.8, 4) is 0 Å². The highest BCUT2D eigenvalue weighted by Crippen LogP contribution is 2.18. The molecule has 0 bridgehead atoms. The molecule has 0 aliphatic heterocycles. The van der Waals surface area contributed by atoms with Gasteiger partial charge in [0.05, 0.1) is 0 Å². The quantitative estimate of drug-likeness (QED) is 0.893. The fourth-order valence-corrected chi connectivity index (χ4v) is 2.08. The van der Waals surface area contributed by atoms with E-state index in [9.17, 15) is 9.18 Å². The summed E-state index contributed by atoms with van der Waals surface area (Å²) in [6.45, 7) is 3.65. The first kappa shape index (κ1) is 14.1. The van der Waals surface area contributed by atoms with Gasteiger partial charge in [-0.1, -0.05) is 0 Å². The number of aryl methyl sites for hydroxylation is 2. The van der Waals surface area contributed by atoms with Crippen molar-refractivity contribution in [3.05, 3.63) is 58.9 Å². The molecule has 0 aromatic heterocycles. The Morgan fingerprint density at radius 3 is 2.40 bits per heavy atom. The van der Waals surface area contributed by atoms with Gasteiger partial charge in [0.25, 0.3) is 5.91 Å². The maximum atomic E-state index is 13.3. The number of hydrogen-bond acceptors (Lipinski definition) is 2. The molecule has 0 atom stereocenters. The second kappa shape index (κ2) is 5.74. The van der Waals surface area contributed by atoms with Crippen molar-refractivity contribution in [3.63, 3.8) is 0 Å². The Morgan fingerprint density at radius 1 is 1.05 bits per heavy atom. The molecule has 0 fully saturated rings. The Hall–Kier alpha value is -2.36. The van der Waals surface area contributed by atoms with Gasteiger partial charge in [0, 0.05) is 24.0 Å². The monoisotopic (exact) mass is 272 g/mol. The molecule has 20 heavy (non-hydrogen) atoms. The Bertz CT molecular complexity index is 633. The fourth-order valence-electron chi connectivity index (χ4n) is 2.08. The molecule has 2 N–H and O–H groups in total. The predicted octanol–water partition coefficient (Wildman–Crippen LogP) is 3.74. The number of benzene rings is 2. The molecule has 2 aromatic carbocycles. The van der Waals surface area contributed by atoms with Crippen LogP contribution in [0.5, 0.6) is 0 Å². The maximum Gasteiger partial charge on any atom is 0.255 e. The van der Waals surface area contributed by atoms with Gasteiger partial charge in [0.15, 0.2) is 0 Å². The second-order valence-corrected chi connectivity index (χ2v) is 4.75. The first-order valence-electron chi connectivity index (χ1n) is 6.36. The van der Waals surface area contributed by atoms with Crippen molar-refractivity contribution in [2.45, 2.75) is 13.8 Å². The van der Waals surface area contributed by atoms with Crippen LogP contribution in [0.4, 0.5) is 15.8 Å². The molecule has 0 aliphatic carbocycles. The number of anilines is 2. The minimum atomic E-state index is -0.359. The van der Waals surface area contributed by atoms with Crippen molar-refractivity contribution in [2.24, 2.45) is 0 Å². The first-order chi connectivity index (χ1) is 9.49. The molecule has 2 rings (SSSR count). The number of halogens is 1. The highest BCUT2D eigenvalue weighted by Gasteiger charge is 2.10. The summed E-state index contributed by atoms with van der Waals surface area (Å²) in [5.41, 5.74) is 3.61. The van der Waals surface area contributed by atoms with Crippen LogP contribution < -0.4 is 10.6 Å². The summed E-state index contributed by atoms with van der Waals surface area (Å²) < 4.78 is 13.3. The fraction of sp³-hybridized carbons (Fsp3) is 0.188. The van der Waals surface area contributed by atoms with Gasteiger partial charge in [-0.2, -0.15) is 0 Å². The lowest BCUT2D eigenvalue weighted by Crippen LogP contribution is -2.13. The number of carbonyl (C=O) groups excluding carboxylic acids is 1. The molecule has 2 aromatic rings. The predicted molar refractivity (Wildman–Crippen MR) is 79.8 cm³/mol. The third-order valence-corrected chi connectivity index (χ3v) is 3.06. The normalized spacial score (nSPS) is 10.2. The molecule has 0 radical (unpaired) electrons. The minimum Gasteiger partial charge on any atom is -0.388 e. The van der Waals surface area contributed by atoms with Gasteiger partial charge in [-0.3, -0.25) is 4.79 Å². The molecular formula is C16H17FN2O. The van der Waals surface area contributed by atoms with E-state index in [1.54, 1.807) is 19.1 Å². The van der Waals surface area contributed by atoms with E-state index in [0.717, 1.165) is 16.8 Å². The zero-order valence-corrected chi connectivity index (χ0v) is 11.8. The summed E-state index contributed by atoms with van der Waals surface area (Å²) >= 11 is 0. The maximum absolute atomic E-state index is 13.3. The Morgan fingerprint density at radius 2 is 1.80 bits per heavy atom. The van der Waals surface area contributed by atoms with Crippen molar-refractivity contribution in [1.29, 1.82) is 0 Å². The van der Waals surface area contributed by atoms with E-state index in [0.29, 0.717) is 11.3 Å². The Kier molecular flexibility index (Phi) is 4.03. The summed E-state index contributed by atoms with van der Waals surface area (Å²) in [5, 5.41) is 5.74. The molecule has 0 heterocycles. The Labute approximate surface area is 117 Å². The van der Waals surface area contributed by atoms with E-state index >= 15 is 0 Å². The Balaban J connectivity index is 2.23. The van der Waals surface area contributed by atoms with Crippen LogP contribution in [0.3, 0.4) is 0 Å². The van der Waals surface area contributed by atoms with E-state index < -0.39 is 0 Å². The van der Waals surface area contributed by atoms with Gasteiger partial charge < -0.3 is 10.6 Å². The lowest BCUT2D eigenvalue weighted by atomic mass is 10.1. The van der Waals surface area contributed by atoms with Crippen molar-refractivity contribution in [1.82, 2.24) is 0 Å². The highest BCUT2D eigenvalue weighted by atomic mass is 19.1.